The van der Waals surface area contributed by atoms with Crippen molar-refractivity contribution in [3.05, 3.63) is 64.7 Å². The minimum atomic E-state index is -3.62. The molecule has 0 spiro atoms. The summed E-state index contributed by atoms with van der Waals surface area (Å²) >= 11 is 7.48. The van der Waals surface area contributed by atoms with Crippen LogP contribution in [0.1, 0.15) is 11.1 Å². The van der Waals surface area contributed by atoms with Crippen LogP contribution in [0.2, 0.25) is 5.02 Å². The van der Waals surface area contributed by atoms with Crippen LogP contribution in [0.5, 0.6) is 0 Å². The van der Waals surface area contributed by atoms with Gasteiger partial charge >= 0.3 is 0 Å². The molecule has 152 valence electrons. The van der Waals surface area contributed by atoms with Gasteiger partial charge in [-0.25, -0.2) is 8.42 Å². The van der Waals surface area contributed by atoms with Gasteiger partial charge in [-0.15, -0.1) is 11.8 Å². The van der Waals surface area contributed by atoms with Gasteiger partial charge in [0.1, 0.15) is 0 Å². The molecule has 1 aliphatic rings. The number of halogens is 1. The summed E-state index contributed by atoms with van der Waals surface area (Å²) in [6.45, 7) is 1.25. The highest BCUT2D eigenvalue weighted by Gasteiger charge is 2.29. The van der Waals surface area contributed by atoms with Crippen LogP contribution in [-0.4, -0.2) is 55.5 Å². The Kier molecular flexibility index (Phi) is 7.19. The van der Waals surface area contributed by atoms with Crippen molar-refractivity contribution >= 4 is 39.3 Å². The van der Waals surface area contributed by atoms with E-state index in [1.54, 1.807) is 4.90 Å². The molecule has 0 aromatic heterocycles. The molecule has 6 nitrogen and oxygen atoms in total. The molecule has 0 atom stereocenters. The summed E-state index contributed by atoms with van der Waals surface area (Å²) in [7, 11) is -3.62. The van der Waals surface area contributed by atoms with Crippen LogP contribution in [-0.2, 0) is 20.6 Å². The van der Waals surface area contributed by atoms with Crippen LogP contribution in [0.3, 0.4) is 0 Å². The molecule has 1 saturated heterocycles. The Labute approximate surface area is 180 Å². The summed E-state index contributed by atoms with van der Waals surface area (Å²) in [4.78, 5) is 14.3. The number of nitriles is 1. The summed E-state index contributed by atoms with van der Waals surface area (Å²) in [5, 5.41) is 9.52. The van der Waals surface area contributed by atoms with Crippen molar-refractivity contribution in [1.29, 1.82) is 5.26 Å². The number of thioether (sulfide) groups is 1. The number of amides is 1. The second-order valence-corrected chi connectivity index (χ2v) is 9.90. The summed E-state index contributed by atoms with van der Waals surface area (Å²) in [6, 6.07) is 15.4. The highest BCUT2D eigenvalue weighted by Crippen LogP contribution is 2.20. The van der Waals surface area contributed by atoms with Crippen LogP contribution >= 0.6 is 23.4 Å². The monoisotopic (exact) mass is 449 g/mol. The molecule has 2 aromatic carbocycles. The fourth-order valence-corrected chi connectivity index (χ4v) is 5.51. The van der Waals surface area contributed by atoms with Crippen LogP contribution in [0, 0.1) is 11.3 Å². The molecule has 2 aromatic rings. The maximum atomic E-state index is 12.7. The zero-order valence-corrected chi connectivity index (χ0v) is 18.0. The van der Waals surface area contributed by atoms with E-state index in [0.717, 1.165) is 5.56 Å². The molecule has 9 heteroatoms. The summed E-state index contributed by atoms with van der Waals surface area (Å²) in [5.74, 6) is 1.04. The molecular weight excluding hydrogens is 430 g/mol. The molecule has 3 rings (SSSR count). The molecular formula is C20H20ClN3O3S2. The Morgan fingerprint density at radius 1 is 1.10 bits per heavy atom. The number of carbonyl (C=O) groups excluding carboxylic acids is 1. The molecule has 1 aliphatic heterocycles. The number of hydrogen-bond donors (Lipinski definition) is 0. The number of hydrogen-bond acceptors (Lipinski definition) is 5. The first-order valence-corrected chi connectivity index (χ1v) is 12.0. The first-order valence-electron chi connectivity index (χ1n) is 9.00. The Hall–Kier alpha value is -2.05. The van der Waals surface area contributed by atoms with Gasteiger partial charge in [-0.3, -0.25) is 4.79 Å². The summed E-state index contributed by atoms with van der Waals surface area (Å²) in [5.41, 5.74) is 1.48. The van der Waals surface area contributed by atoms with Crippen molar-refractivity contribution in [2.45, 2.75) is 10.6 Å². The predicted octanol–water partition coefficient (Wildman–Crippen LogP) is 2.98. The second kappa shape index (κ2) is 9.63. The average Bonchev–Trinajstić information content (AvgIpc) is 2.74. The van der Waals surface area contributed by atoms with Crippen molar-refractivity contribution in [1.82, 2.24) is 9.21 Å². The van der Waals surface area contributed by atoms with Gasteiger partial charge in [0.15, 0.2) is 0 Å². The Balaban J connectivity index is 1.50. The Bertz CT molecular complexity index is 1010. The van der Waals surface area contributed by atoms with Gasteiger partial charge in [0.05, 0.1) is 22.3 Å². The Morgan fingerprint density at radius 2 is 1.79 bits per heavy atom. The fraction of sp³-hybridized carbons (Fsp3) is 0.300. The number of piperazine rings is 1. The van der Waals surface area contributed by atoms with Gasteiger partial charge in [-0.1, -0.05) is 23.7 Å². The van der Waals surface area contributed by atoms with Crippen molar-refractivity contribution in [2.75, 3.05) is 31.9 Å². The fourth-order valence-electron chi connectivity index (χ4n) is 3.00. The first-order chi connectivity index (χ1) is 13.9. The normalized spacial score (nSPS) is 15.1. The second-order valence-electron chi connectivity index (χ2n) is 6.54. The van der Waals surface area contributed by atoms with Crippen LogP contribution in [0.25, 0.3) is 0 Å². The zero-order chi connectivity index (χ0) is 20.9. The number of benzene rings is 2. The van der Waals surface area contributed by atoms with E-state index in [2.05, 4.69) is 0 Å². The number of nitrogens with zero attached hydrogens (tertiary/aromatic N) is 3. The molecule has 0 saturated carbocycles. The third kappa shape index (κ3) is 5.52. The maximum Gasteiger partial charge on any atom is 0.243 e. The van der Waals surface area contributed by atoms with E-state index in [-0.39, 0.29) is 23.9 Å². The highest BCUT2D eigenvalue weighted by atomic mass is 35.5. The minimum Gasteiger partial charge on any atom is -0.339 e. The molecule has 0 bridgehead atoms. The van der Waals surface area contributed by atoms with E-state index in [0.29, 0.717) is 35.2 Å². The summed E-state index contributed by atoms with van der Waals surface area (Å²) < 4.78 is 26.9. The predicted molar refractivity (Wildman–Crippen MR) is 114 cm³/mol. The number of sulfonamides is 1. The van der Waals surface area contributed by atoms with E-state index in [9.17, 15) is 13.2 Å². The van der Waals surface area contributed by atoms with E-state index in [1.165, 1.54) is 40.3 Å². The average molecular weight is 450 g/mol. The lowest BCUT2D eigenvalue weighted by Crippen LogP contribution is -2.50. The van der Waals surface area contributed by atoms with Gasteiger partial charge in [-0.05, 0) is 42.0 Å². The maximum absolute atomic E-state index is 12.7. The van der Waals surface area contributed by atoms with E-state index < -0.39 is 10.0 Å². The summed E-state index contributed by atoms with van der Waals surface area (Å²) in [6.07, 6.45) is 0. The minimum absolute atomic E-state index is 0.00690. The lowest BCUT2D eigenvalue weighted by atomic mass is 10.2. The van der Waals surface area contributed by atoms with Gasteiger partial charge in [0.2, 0.25) is 15.9 Å². The molecule has 0 radical (unpaired) electrons. The smallest absolute Gasteiger partial charge is 0.243 e. The van der Waals surface area contributed by atoms with E-state index in [1.807, 2.05) is 30.3 Å². The molecule has 1 heterocycles. The van der Waals surface area contributed by atoms with Crippen molar-refractivity contribution in [3.63, 3.8) is 0 Å². The molecule has 0 unspecified atom stereocenters. The van der Waals surface area contributed by atoms with Crippen LogP contribution in [0.15, 0.2) is 53.4 Å². The molecule has 29 heavy (non-hydrogen) atoms. The lowest BCUT2D eigenvalue weighted by Gasteiger charge is -2.34. The van der Waals surface area contributed by atoms with Gasteiger partial charge < -0.3 is 4.90 Å². The van der Waals surface area contributed by atoms with Crippen LogP contribution < -0.4 is 0 Å². The quantitative estimate of drug-likeness (QED) is 0.677. The SMILES string of the molecule is N#Cc1ccc(S(=O)(=O)N2CCN(C(=O)CSCc3cccc(Cl)c3)CC2)cc1. The van der Waals surface area contributed by atoms with Crippen molar-refractivity contribution in [3.8, 4) is 6.07 Å². The van der Waals surface area contributed by atoms with Crippen molar-refractivity contribution < 1.29 is 13.2 Å². The first kappa shape index (κ1) is 21.7. The molecule has 1 fully saturated rings. The third-order valence-corrected chi connectivity index (χ3v) is 7.73. The molecule has 0 aliphatic carbocycles. The highest BCUT2D eigenvalue weighted by molar-refractivity contribution is 7.99. The van der Waals surface area contributed by atoms with Gasteiger partial charge in [0, 0.05) is 37.0 Å². The zero-order valence-electron chi connectivity index (χ0n) is 15.6. The standard InChI is InChI=1S/C20H20ClN3O3S2/c21-18-3-1-2-17(12-18)14-28-15-20(25)23-8-10-24(11-9-23)29(26,27)19-6-4-16(13-22)5-7-19/h1-7,12H,8-11,14-15H2. The topological polar surface area (TPSA) is 81.5 Å². The van der Waals surface area contributed by atoms with E-state index >= 15 is 0 Å². The van der Waals surface area contributed by atoms with E-state index in [4.69, 9.17) is 16.9 Å². The number of carbonyl (C=O) groups is 1. The molecule has 1 amide bonds. The van der Waals surface area contributed by atoms with Crippen molar-refractivity contribution in [2.24, 2.45) is 0 Å². The van der Waals surface area contributed by atoms with Gasteiger partial charge in [-0.2, -0.15) is 9.57 Å². The third-order valence-electron chi connectivity index (χ3n) is 4.60. The lowest BCUT2D eigenvalue weighted by molar-refractivity contribution is -0.129. The van der Waals surface area contributed by atoms with Gasteiger partial charge in [0.25, 0.3) is 0 Å². The Morgan fingerprint density at radius 3 is 2.41 bits per heavy atom. The number of rotatable bonds is 6. The molecule has 0 N–H and O–H groups in total. The van der Waals surface area contributed by atoms with Crippen LogP contribution in [0.4, 0.5) is 0 Å². The largest absolute Gasteiger partial charge is 0.339 e.